The SMILES string of the molecule is C[C@]1(C(N)=O)C(=O)N(CC(=O)O)CCN1C(=O)CNC(=O)c1ccc(C(=N)N)cc1. The predicted octanol–water partition coefficient (Wildman–Crippen LogP) is -2.30. The van der Waals surface area contributed by atoms with Gasteiger partial charge in [0.05, 0.1) is 6.54 Å². The van der Waals surface area contributed by atoms with Crippen molar-refractivity contribution < 1.29 is 29.1 Å². The second-order valence-electron chi connectivity index (χ2n) is 6.78. The lowest BCUT2D eigenvalue weighted by Crippen LogP contribution is -2.72. The summed E-state index contributed by atoms with van der Waals surface area (Å²) in [5.41, 5.74) is 9.28. The average Bonchev–Trinajstić information content (AvgIpc) is 2.69. The lowest BCUT2D eigenvalue weighted by atomic mass is 9.93. The number of nitrogens with two attached hydrogens (primary N) is 2. The van der Waals surface area contributed by atoms with E-state index in [0.717, 1.165) is 16.7 Å². The van der Waals surface area contributed by atoms with Crippen LogP contribution in [0, 0.1) is 5.41 Å². The van der Waals surface area contributed by atoms with Gasteiger partial charge in [-0.2, -0.15) is 0 Å². The van der Waals surface area contributed by atoms with E-state index in [1.165, 1.54) is 24.3 Å². The Morgan fingerprint density at radius 1 is 1.13 bits per heavy atom. The highest BCUT2D eigenvalue weighted by atomic mass is 16.4. The normalized spacial score (nSPS) is 18.6. The molecule has 1 aliphatic heterocycles. The Hall–Kier alpha value is -3.96. The standard InChI is InChI=1S/C18H22N6O6/c1-18(16(21)29)17(30)23(9-13(26)27)6-7-24(18)12(25)8-22-15(28)11-4-2-10(3-5-11)14(19)20/h2-5H,6-9H2,1H3,(H3,19,20)(H2,21,29)(H,22,28)(H,26,27)/t18-/m0/s1. The van der Waals surface area contributed by atoms with Gasteiger partial charge in [-0.05, 0) is 19.1 Å². The van der Waals surface area contributed by atoms with Crippen LogP contribution >= 0.6 is 0 Å². The molecule has 1 aromatic rings. The first-order valence-corrected chi connectivity index (χ1v) is 8.82. The molecule has 7 N–H and O–H groups in total. The molecule has 0 aromatic heterocycles. The third-order valence-corrected chi connectivity index (χ3v) is 4.80. The molecule has 2 rings (SSSR count). The summed E-state index contributed by atoms with van der Waals surface area (Å²) in [6.07, 6.45) is 0. The summed E-state index contributed by atoms with van der Waals surface area (Å²) in [6.45, 7) is -0.217. The smallest absolute Gasteiger partial charge is 0.323 e. The molecule has 160 valence electrons. The van der Waals surface area contributed by atoms with Gasteiger partial charge in [-0.25, -0.2) is 0 Å². The summed E-state index contributed by atoms with van der Waals surface area (Å²) < 4.78 is 0. The van der Waals surface area contributed by atoms with Crippen molar-refractivity contribution in [3.05, 3.63) is 35.4 Å². The fraction of sp³-hybridized carbons (Fsp3) is 0.333. The van der Waals surface area contributed by atoms with Gasteiger partial charge in [0.2, 0.25) is 5.91 Å². The van der Waals surface area contributed by atoms with Crippen molar-refractivity contribution in [2.45, 2.75) is 12.5 Å². The van der Waals surface area contributed by atoms with Crippen molar-refractivity contribution in [2.75, 3.05) is 26.2 Å². The van der Waals surface area contributed by atoms with E-state index < -0.39 is 48.2 Å². The van der Waals surface area contributed by atoms with Crippen LogP contribution in [0.25, 0.3) is 0 Å². The van der Waals surface area contributed by atoms with Gasteiger partial charge in [0.1, 0.15) is 12.4 Å². The van der Waals surface area contributed by atoms with Crippen LogP contribution in [0.2, 0.25) is 0 Å². The Kier molecular flexibility index (Phi) is 6.40. The van der Waals surface area contributed by atoms with E-state index in [9.17, 15) is 24.0 Å². The highest BCUT2D eigenvalue weighted by molar-refractivity contribution is 6.12. The highest BCUT2D eigenvalue weighted by Crippen LogP contribution is 2.23. The Morgan fingerprint density at radius 3 is 2.20 bits per heavy atom. The van der Waals surface area contributed by atoms with Gasteiger partial charge in [-0.15, -0.1) is 0 Å². The van der Waals surface area contributed by atoms with Crippen LogP contribution in [0.4, 0.5) is 0 Å². The molecule has 0 radical (unpaired) electrons. The number of hydrogen-bond donors (Lipinski definition) is 5. The number of amidine groups is 1. The molecule has 30 heavy (non-hydrogen) atoms. The van der Waals surface area contributed by atoms with Crippen molar-refractivity contribution >= 4 is 35.4 Å². The zero-order valence-corrected chi connectivity index (χ0v) is 16.2. The molecule has 0 unspecified atom stereocenters. The molecule has 0 saturated carbocycles. The number of carboxylic acids is 1. The number of carboxylic acid groups (broad SMARTS) is 1. The zero-order chi connectivity index (χ0) is 22.6. The number of hydrogen-bond acceptors (Lipinski definition) is 6. The van der Waals surface area contributed by atoms with Crippen LogP contribution in [0.15, 0.2) is 24.3 Å². The van der Waals surface area contributed by atoms with Gasteiger partial charge in [-0.3, -0.25) is 29.4 Å². The Balaban J connectivity index is 2.10. The first-order valence-electron chi connectivity index (χ1n) is 8.82. The third kappa shape index (κ3) is 4.37. The van der Waals surface area contributed by atoms with Crippen LogP contribution in [-0.4, -0.2) is 82.1 Å². The maximum absolute atomic E-state index is 12.6. The van der Waals surface area contributed by atoms with Crippen molar-refractivity contribution in [3.63, 3.8) is 0 Å². The van der Waals surface area contributed by atoms with E-state index >= 15 is 0 Å². The third-order valence-electron chi connectivity index (χ3n) is 4.80. The maximum atomic E-state index is 12.6. The molecule has 12 heteroatoms. The lowest BCUT2D eigenvalue weighted by Gasteiger charge is -2.45. The molecular weight excluding hydrogens is 396 g/mol. The second kappa shape index (κ2) is 8.59. The average molecular weight is 418 g/mol. The number of carbonyl (C=O) groups excluding carboxylic acids is 4. The lowest BCUT2D eigenvalue weighted by molar-refractivity contribution is -0.166. The summed E-state index contributed by atoms with van der Waals surface area (Å²) in [6, 6.07) is 5.81. The number of rotatable bonds is 7. The van der Waals surface area contributed by atoms with Crippen LogP contribution < -0.4 is 16.8 Å². The summed E-state index contributed by atoms with van der Waals surface area (Å²) in [5.74, 6) is -4.75. The van der Waals surface area contributed by atoms with E-state index in [1.807, 2.05) is 0 Å². The number of piperazine rings is 1. The van der Waals surface area contributed by atoms with E-state index in [0.29, 0.717) is 5.56 Å². The fourth-order valence-corrected chi connectivity index (χ4v) is 3.05. The number of aliphatic carboxylic acids is 1. The summed E-state index contributed by atoms with van der Waals surface area (Å²) in [4.78, 5) is 62.3. The van der Waals surface area contributed by atoms with Gasteiger partial charge in [0, 0.05) is 24.2 Å². The Labute approximate surface area is 171 Å². The number of primary amides is 1. The molecular formula is C18H22N6O6. The zero-order valence-electron chi connectivity index (χ0n) is 16.2. The van der Waals surface area contributed by atoms with Crippen LogP contribution in [0.3, 0.4) is 0 Å². The van der Waals surface area contributed by atoms with Gasteiger partial charge >= 0.3 is 5.97 Å². The largest absolute Gasteiger partial charge is 0.480 e. The maximum Gasteiger partial charge on any atom is 0.323 e. The van der Waals surface area contributed by atoms with Gasteiger partial charge in [0.25, 0.3) is 17.7 Å². The highest BCUT2D eigenvalue weighted by Gasteiger charge is 2.52. The minimum atomic E-state index is -2.07. The van der Waals surface area contributed by atoms with Crippen LogP contribution in [-0.2, 0) is 19.2 Å². The van der Waals surface area contributed by atoms with Crippen LogP contribution in [0.1, 0.15) is 22.8 Å². The number of amides is 4. The number of nitrogen functional groups attached to an aromatic ring is 1. The molecule has 1 fully saturated rings. The predicted molar refractivity (Wildman–Crippen MR) is 103 cm³/mol. The Morgan fingerprint density at radius 2 is 1.70 bits per heavy atom. The number of nitrogens with zero attached hydrogens (tertiary/aromatic N) is 2. The summed E-state index contributed by atoms with van der Waals surface area (Å²) in [7, 11) is 0. The van der Waals surface area contributed by atoms with Gasteiger partial charge < -0.3 is 31.7 Å². The molecule has 4 amide bonds. The molecule has 1 atom stereocenters. The van der Waals surface area contributed by atoms with Crippen molar-refractivity contribution in [1.29, 1.82) is 5.41 Å². The minimum Gasteiger partial charge on any atom is -0.480 e. The second-order valence-corrected chi connectivity index (χ2v) is 6.78. The molecule has 0 bridgehead atoms. The monoisotopic (exact) mass is 418 g/mol. The van der Waals surface area contributed by atoms with Crippen molar-refractivity contribution in [1.82, 2.24) is 15.1 Å². The van der Waals surface area contributed by atoms with E-state index in [2.05, 4.69) is 5.32 Å². The number of nitrogens with one attached hydrogen (secondary N) is 2. The van der Waals surface area contributed by atoms with Crippen molar-refractivity contribution in [2.24, 2.45) is 11.5 Å². The molecule has 0 spiro atoms. The van der Waals surface area contributed by atoms with E-state index in [1.54, 1.807) is 0 Å². The molecule has 1 aromatic carbocycles. The van der Waals surface area contributed by atoms with Gasteiger partial charge in [0.15, 0.2) is 5.54 Å². The number of benzene rings is 1. The number of carbonyl (C=O) groups is 5. The van der Waals surface area contributed by atoms with E-state index in [-0.39, 0.29) is 24.5 Å². The molecule has 1 saturated heterocycles. The minimum absolute atomic E-state index is 0.0970. The topological polar surface area (TPSA) is 200 Å². The molecule has 0 aliphatic carbocycles. The quantitative estimate of drug-likeness (QED) is 0.186. The van der Waals surface area contributed by atoms with Gasteiger partial charge in [-0.1, -0.05) is 12.1 Å². The summed E-state index contributed by atoms with van der Waals surface area (Å²) in [5, 5.41) is 18.6. The van der Waals surface area contributed by atoms with Crippen LogP contribution in [0.5, 0.6) is 0 Å². The molecule has 1 aliphatic rings. The summed E-state index contributed by atoms with van der Waals surface area (Å²) >= 11 is 0. The first-order chi connectivity index (χ1) is 14.0. The van der Waals surface area contributed by atoms with E-state index in [4.69, 9.17) is 22.0 Å². The fourth-order valence-electron chi connectivity index (χ4n) is 3.05. The molecule has 1 heterocycles. The Bertz CT molecular complexity index is 914. The molecule has 12 nitrogen and oxygen atoms in total. The van der Waals surface area contributed by atoms with Crippen molar-refractivity contribution in [3.8, 4) is 0 Å². The first kappa shape index (κ1) is 22.3.